The van der Waals surface area contributed by atoms with Gasteiger partial charge in [0.25, 0.3) is 0 Å². The number of Topliss-reactive ketones (excluding diaryl/α,β-unsaturated/α-hetero) is 1. The largest absolute Gasteiger partial charge is 0.457 e. The fourth-order valence-electron chi connectivity index (χ4n) is 2.16. The second-order valence-electron chi connectivity index (χ2n) is 4.52. The van der Waals surface area contributed by atoms with Crippen LogP contribution >= 0.6 is 11.6 Å². The van der Waals surface area contributed by atoms with Gasteiger partial charge < -0.3 is 4.74 Å². The maximum atomic E-state index is 11.8. The number of hydrogen-bond donors (Lipinski definition) is 0. The molecule has 0 radical (unpaired) electrons. The van der Waals surface area contributed by atoms with Crippen LogP contribution in [0, 0.1) is 5.92 Å². The Labute approximate surface area is 111 Å². The standard InChI is InChI=1S/C14H15ClO3/c15-12-7-3-6-11(8-12)13(16)9-18-14(17)10-4-1-2-5-10/h3,6-8,10H,1-2,4-5,9H2. The van der Waals surface area contributed by atoms with Crippen molar-refractivity contribution in [2.75, 3.05) is 6.61 Å². The number of hydrogen-bond acceptors (Lipinski definition) is 3. The Morgan fingerprint density at radius 2 is 2.00 bits per heavy atom. The number of halogens is 1. The van der Waals surface area contributed by atoms with Gasteiger partial charge in [0.15, 0.2) is 12.4 Å². The average molecular weight is 267 g/mol. The average Bonchev–Trinajstić information content (AvgIpc) is 2.89. The maximum absolute atomic E-state index is 11.8. The third kappa shape index (κ3) is 3.33. The van der Waals surface area contributed by atoms with Gasteiger partial charge in [-0.2, -0.15) is 0 Å². The molecule has 0 atom stereocenters. The van der Waals surface area contributed by atoms with E-state index in [9.17, 15) is 9.59 Å². The molecule has 2 rings (SSSR count). The molecule has 0 unspecified atom stereocenters. The summed E-state index contributed by atoms with van der Waals surface area (Å²) in [6, 6.07) is 6.64. The zero-order chi connectivity index (χ0) is 13.0. The number of benzene rings is 1. The fraction of sp³-hybridized carbons (Fsp3) is 0.429. The van der Waals surface area contributed by atoms with Gasteiger partial charge in [0.05, 0.1) is 5.92 Å². The second-order valence-corrected chi connectivity index (χ2v) is 4.96. The molecule has 1 saturated carbocycles. The first kappa shape index (κ1) is 13.1. The van der Waals surface area contributed by atoms with Crippen LogP contribution in [0.2, 0.25) is 5.02 Å². The lowest BCUT2D eigenvalue weighted by molar-refractivity contribution is -0.147. The first-order valence-corrected chi connectivity index (χ1v) is 6.50. The SMILES string of the molecule is O=C(COC(=O)C1CCCC1)c1cccc(Cl)c1. The second kappa shape index (κ2) is 6.01. The molecule has 0 amide bonds. The van der Waals surface area contributed by atoms with Crippen LogP contribution in [-0.4, -0.2) is 18.4 Å². The van der Waals surface area contributed by atoms with Crippen molar-refractivity contribution in [3.8, 4) is 0 Å². The Morgan fingerprint density at radius 3 is 2.67 bits per heavy atom. The molecule has 1 aliphatic carbocycles. The maximum Gasteiger partial charge on any atom is 0.309 e. The number of rotatable bonds is 4. The highest BCUT2D eigenvalue weighted by atomic mass is 35.5. The summed E-state index contributed by atoms with van der Waals surface area (Å²) < 4.78 is 5.05. The lowest BCUT2D eigenvalue weighted by Crippen LogP contribution is -2.19. The lowest BCUT2D eigenvalue weighted by atomic mass is 10.1. The Bertz CT molecular complexity index is 450. The lowest BCUT2D eigenvalue weighted by Gasteiger charge is -2.09. The van der Waals surface area contributed by atoms with Gasteiger partial charge in [-0.15, -0.1) is 0 Å². The van der Waals surface area contributed by atoms with Crippen molar-refractivity contribution in [1.29, 1.82) is 0 Å². The molecule has 4 heteroatoms. The molecule has 1 fully saturated rings. The summed E-state index contributed by atoms with van der Waals surface area (Å²) in [5.41, 5.74) is 0.474. The van der Waals surface area contributed by atoms with Gasteiger partial charge in [-0.25, -0.2) is 0 Å². The Morgan fingerprint density at radius 1 is 1.28 bits per heavy atom. The van der Waals surface area contributed by atoms with Crippen LogP contribution in [0.1, 0.15) is 36.0 Å². The number of ketones is 1. The van der Waals surface area contributed by atoms with E-state index in [0.717, 1.165) is 25.7 Å². The van der Waals surface area contributed by atoms with Gasteiger partial charge in [0.1, 0.15) is 0 Å². The van der Waals surface area contributed by atoms with Crippen molar-refractivity contribution in [1.82, 2.24) is 0 Å². The zero-order valence-electron chi connectivity index (χ0n) is 10.0. The van der Waals surface area contributed by atoms with Crippen LogP contribution in [0.15, 0.2) is 24.3 Å². The van der Waals surface area contributed by atoms with Crippen molar-refractivity contribution in [3.63, 3.8) is 0 Å². The van der Waals surface area contributed by atoms with Gasteiger partial charge in [-0.3, -0.25) is 9.59 Å². The summed E-state index contributed by atoms with van der Waals surface area (Å²) in [5.74, 6) is -0.483. The minimum Gasteiger partial charge on any atom is -0.457 e. The molecule has 1 aromatic rings. The van der Waals surface area contributed by atoms with Gasteiger partial charge >= 0.3 is 5.97 Å². The first-order valence-electron chi connectivity index (χ1n) is 6.12. The van der Waals surface area contributed by atoms with E-state index in [1.165, 1.54) is 0 Å². The predicted molar refractivity (Wildman–Crippen MR) is 68.7 cm³/mol. The topological polar surface area (TPSA) is 43.4 Å². The van der Waals surface area contributed by atoms with Crippen molar-refractivity contribution < 1.29 is 14.3 Å². The van der Waals surface area contributed by atoms with E-state index in [2.05, 4.69) is 0 Å². The quantitative estimate of drug-likeness (QED) is 0.621. The Balaban J connectivity index is 1.86. The summed E-state index contributed by atoms with van der Waals surface area (Å²) in [5, 5.41) is 0.503. The molecule has 3 nitrogen and oxygen atoms in total. The number of carbonyl (C=O) groups is 2. The van der Waals surface area contributed by atoms with Gasteiger partial charge in [-0.05, 0) is 25.0 Å². The van der Waals surface area contributed by atoms with E-state index in [0.29, 0.717) is 10.6 Å². The molecular formula is C14H15ClO3. The minimum atomic E-state index is -0.247. The molecule has 0 spiro atoms. The van der Waals surface area contributed by atoms with Crippen LogP contribution in [0.3, 0.4) is 0 Å². The summed E-state index contributed by atoms with van der Waals surface area (Å²) in [4.78, 5) is 23.4. The first-order chi connectivity index (χ1) is 8.66. The number of ether oxygens (including phenoxy) is 1. The predicted octanol–water partition coefficient (Wildman–Crippen LogP) is 3.26. The normalized spacial score (nSPS) is 15.6. The van der Waals surface area contributed by atoms with E-state index >= 15 is 0 Å². The smallest absolute Gasteiger partial charge is 0.309 e. The van der Waals surface area contributed by atoms with Gasteiger partial charge in [0, 0.05) is 10.6 Å². The van der Waals surface area contributed by atoms with E-state index in [1.807, 2.05) is 0 Å². The van der Waals surface area contributed by atoms with E-state index in [-0.39, 0.29) is 24.3 Å². The summed E-state index contributed by atoms with van der Waals surface area (Å²) in [7, 11) is 0. The van der Waals surface area contributed by atoms with Crippen LogP contribution in [0.4, 0.5) is 0 Å². The van der Waals surface area contributed by atoms with Crippen LogP contribution in [0.25, 0.3) is 0 Å². The van der Waals surface area contributed by atoms with E-state index < -0.39 is 0 Å². The van der Waals surface area contributed by atoms with Crippen molar-refractivity contribution in [3.05, 3.63) is 34.9 Å². The molecule has 0 bridgehead atoms. The number of esters is 1. The monoisotopic (exact) mass is 266 g/mol. The molecule has 1 aromatic carbocycles. The highest BCUT2D eigenvalue weighted by Crippen LogP contribution is 2.25. The number of carbonyl (C=O) groups excluding carboxylic acids is 2. The third-order valence-corrected chi connectivity index (χ3v) is 3.42. The van der Waals surface area contributed by atoms with Gasteiger partial charge in [0.2, 0.25) is 0 Å². The Kier molecular flexibility index (Phi) is 4.37. The Hall–Kier alpha value is -1.35. The summed E-state index contributed by atoms with van der Waals surface area (Å²) in [6.45, 7) is -0.199. The fourth-order valence-corrected chi connectivity index (χ4v) is 2.35. The molecule has 0 aromatic heterocycles. The molecule has 96 valence electrons. The van der Waals surface area contributed by atoms with Gasteiger partial charge in [-0.1, -0.05) is 36.6 Å². The molecule has 1 aliphatic rings. The van der Waals surface area contributed by atoms with Crippen LogP contribution in [0.5, 0.6) is 0 Å². The molecular weight excluding hydrogens is 252 g/mol. The zero-order valence-corrected chi connectivity index (χ0v) is 10.8. The van der Waals surface area contributed by atoms with Crippen molar-refractivity contribution in [2.45, 2.75) is 25.7 Å². The van der Waals surface area contributed by atoms with E-state index in [4.69, 9.17) is 16.3 Å². The summed E-state index contributed by atoms with van der Waals surface area (Å²) in [6.07, 6.45) is 3.90. The summed E-state index contributed by atoms with van der Waals surface area (Å²) >= 11 is 5.80. The van der Waals surface area contributed by atoms with Crippen molar-refractivity contribution in [2.24, 2.45) is 5.92 Å². The molecule has 0 aliphatic heterocycles. The minimum absolute atomic E-state index is 0.0165. The highest BCUT2D eigenvalue weighted by Gasteiger charge is 2.24. The molecule has 18 heavy (non-hydrogen) atoms. The molecule has 0 N–H and O–H groups in total. The van der Waals surface area contributed by atoms with Crippen LogP contribution < -0.4 is 0 Å². The third-order valence-electron chi connectivity index (χ3n) is 3.18. The van der Waals surface area contributed by atoms with Crippen molar-refractivity contribution >= 4 is 23.4 Å². The highest BCUT2D eigenvalue weighted by molar-refractivity contribution is 6.31. The molecule has 0 heterocycles. The van der Waals surface area contributed by atoms with Crippen LogP contribution in [-0.2, 0) is 9.53 Å². The van der Waals surface area contributed by atoms with E-state index in [1.54, 1.807) is 24.3 Å². The molecule has 0 saturated heterocycles.